The number of hydrogen-bond donors (Lipinski definition) is 1. The lowest BCUT2D eigenvalue weighted by molar-refractivity contribution is -0.139. The molecule has 2 aliphatic rings. The second-order valence-corrected chi connectivity index (χ2v) is 7.10. The van der Waals surface area contributed by atoms with E-state index in [-0.39, 0.29) is 23.8 Å². The maximum absolute atomic E-state index is 12.3. The molecule has 0 unspecified atom stereocenters. The molecular formula is C19H27N3O3. The number of pyridine rings is 1. The first-order chi connectivity index (χ1) is 12.1. The second kappa shape index (κ2) is 8.32. The summed E-state index contributed by atoms with van der Waals surface area (Å²) in [7, 11) is 1.78. The molecule has 1 aliphatic heterocycles. The molecule has 25 heavy (non-hydrogen) atoms. The highest BCUT2D eigenvalue weighted by molar-refractivity contribution is 5.86. The first-order valence-corrected chi connectivity index (χ1v) is 9.25. The van der Waals surface area contributed by atoms with Crippen LogP contribution >= 0.6 is 0 Å². The Bertz CT molecular complexity index is 614. The van der Waals surface area contributed by atoms with Crippen LogP contribution < -0.4 is 10.1 Å². The Kier molecular flexibility index (Phi) is 5.89. The summed E-state index contributed by atoms with van der Waals surface area (Å²) in [6.45, 7) is 1.08. The van der Waals surface area contributed by atoms with E-state index >= 15 is 0 Å². The van der Waals surface area contributed by atoms with Crippen molar-refractivity contribution in [3.05, 3.63) is 23.9 Å². The van der Waals surface area contributed by atoms with E-state index in [4.69, 9.17) is 4.74 Å². The molecule has 6 heteroatoms. The molecule has 2 amide bonds. The zero-order chi connectivity index (χ0) is 17.6. The molecule has 1 saturated heterocycles. The van der Waals surface area contributed by atoms with E-state index in [2.05, 4.69) is 10.3 Å². The smallest absolute Gasteiger partial charge is 0.223 e. The van der Waals surface area contributed by atoms with E-state index < -0.39 is 0 Å². The highest BCUT2D eigenvalue weighted by Gasteiger charge is 2.28. The quantitative estimate of drug-likeness (QED) is 0.889. The van der Waals surface area contributed by atoms with Gasteiger partial charge in [-0.2, -0.15) is 0 Å². The van der Waals surface area contributed by atoms with Crippen molar-refractivity contribution in [3.63, 3.8) is 0 Å². The Morgan fingerprint density at radius 2 is 2.12 bits per heavy atom. The minimum Gasteiger partial charge on any atom is -0.474 e. The number of ether oxygens (including phenoxy) is 1. The van der Waals surface area contributed by atoms with Crippen LogP contribution in [0.2, 0.25) is 0 Å². The van der Waals surface area contributed by atoms with Gasteiger partial charge in [-0.15, -0.1) is 0 Å². The molecule has 0 aromatic carbocycles. The maximum Gasteiger partial charge on any atom is 0.223 e. The van der Waals surface area contributed by atoms with Crippen molar-refractivity contribution in [2.24, 2.45) is 5.92 Å². The summed E-state index contributed by atoms with van der Waals surface area (Å²) in [6.07, 6.45) is 8.91. The number of carbonyl (C=O) groups excluding carboxylic acids is 2. The Balaban J connectivity index is 1.50. The molecule has 2 heterocycles. The van der Waals surface area contributed by atoms with Gasteiger partial charge in [-0.25, -0.2) is 4.98 Å². The third kappa shape index (κ3) is 4.94. The van der Waals surface area contributed by atoms with Crippen molar-refractivity contribution in [2.75, 3.05) is 13.6 Å². The van der Waals surface area contributed by atoms with E-state index in [1.54, 1.807) is 18.1 Å². The zero-order valence-corrected chi connectivity index (χ0v) is 14.9. The number of piperidine rings is 1. The van der Waals surface area contributed by atoms with Crippen LogP contribution in [0.25, 0.3) is 0 Å². The van der Waals surface area contributed by atoms with Crippen molar-refractivity contribution in [1.29, 1.82) is 0 Å². The van der Waals surface area contributed by atoms with Crippen molar-refractivity contribution in [1.82, 2.24) is 15.2 Å². The van der Waals surface area contributed by atoms with Crippen molar-refractivity contribution >= 4 is 11.8 Å². The summed E-state index contributed by atoms with van der Waals surface area (Å²) >= 11 is 0. The number of likely N-dealkylation sites (tertiary alicyclic amines) is 1. The normalized spacial score (nSPS) is 21.9. The minimum atomic E-state index is -0.219. The average Bonchev–Trinajstić information content (AvgIpc) is 2.63. The fourth-order valence-electron chi connectivity index (χ4n) is 3.48. The number of amides is 2. The summed E-state index contributed by atoms with van der Waals surface area (Å²) in [5.41, 5.74) is 0.966. The highest BCUT2D eigenvalue weighted by Crippen LogP contribution is 2.23. The molecule has 1 aromatic heterocycles. The lowest BCUT2D eigenvalue weighted by Crippen LogP contribution is -2.41. The zero-order valence-electron chi connectivity index (χ0n) is 14.9. The van der Waals surface area contributed by atoms with E-state index in [1.807, 2.05) is 12.1 Å². The third-order valence-corrected chi connectivity index (χ3v) is 5.14. The van der Waals surface area contributed by atoms with E-state index in [1.165, 1.54) is 19.3 Å². The first kappa shape index (κ1) is 17.7. The maximum atomic E-state index is 12.3. The van der Waals surface area contributed by atoms with Gasteiger partial charge in [0.25, 0.3) is 0 Å². The van der Waals surface area contributed by atoms with Crippen LogP contribution in [0.15, 0.2) is 18.3 Å². The topological polar surface area (TPSA) is 71.5 Å². The molecule has 3 rings (SSSR count). The summed E-state index contributed by atoms with van der Waals surface area (Å²) in [5, 5.41) is 2.94. The predicted molar refractivity (Wildman–Crippen MR) is 93.9 cm³/mol. The van der Waals surface area contributed by atoms with Crippen molar-refractivity contribution in [2.45, 2.75) is 57.6 Å². The largest absolute Gasteiger partial charge is 0.474 e. The standard InChI is InChI=1S/C19H27N3O3/c1-22-10-8-15(12-18(22)23)19(24)21-13-14-7-9-20-17(11-14)25-16-5-3-2-4-6-16/h7,9,11,15-16H,2-6,8,10,12-13H2,1H3,(H,21,24)/t15-/m0/s1. The van der Waals surface area contributed by atoms with Crippen LogP contribution in [0.1, 0.15) is 50.5 Å². The van der Waals surface area contributed by atoms with Gasteiger partial charge >= 0.3 is 0 Å². The monoisotopic (exact) mass is 345 g/mol. The number of carbonyl (C=O) groups is 2. The van der Waals surface area contributed by atoms with E-state index in [0.717, 1.165) is 24.8 Å². The van der Waals surface area contributed by atoms with Crippen molar-refractivity contribution < 1.29 is 14.3 Å². The molecule has 1 N–H and O–H groups in total. The van der Waals surface area contributed by atoms with Gasteiger partial charge in [-0.3, -0.25) is 9.59 Å². The molecule has 0 radical (unpaired) electrons. The van der Waals surface area contributed by atoms with Crippen LogP contribution in [0, 0.1) is 5.92 Å². The Morgan fingerprint density at radius 1 is 1.32 bits per heavy atom. The van der Waals surface area contributed by atoms with Crippen LogP contribution in [-0.2, 0) is 16.1 Å². The van der Waals surface area contributed by atoms with E-state index in [0.29, 0.717) is 25.4 Å². The minimum absolute atomic E-state index is 0.0403. The fraction of sp³-hybridized carbons (Fsp3) is 0.632. The molecule has 2 fully saturated rings. The number of rotatable bonds is 5. The van der Waals surface area contributed by atoms with Gasteiger partial charge in [0, 0.05) is 44.7 Å². The van der Waals surface area contributed by atoms with Crippen molar-refractivity contribution in [3.8, 4) is 5.88 Å². The molecule has 6 nitrogen and oxygen atoms in total. The molecule has 1 saturated carbocycles. The van der Waals surface area contributed by atoms with E-state index in [9.17, 15) is 9.59 Å². The summed E-state index contributed by atoms with van der Waals surface area (Å²) in [6, 6.07) is 3.78. The summed E-state index contributed by atoms with van der Waals surface area (Å²) < 4.78 is 5.97. The van der Waals surface area contributed by atoms with Crippen LogP contribution in [-0.4, -0.2) is 41.4 Å². The third-order valence-electron chi connectivity index (χ3n) is 5.14. The number of nitrogens with zero attached hydrogens (tertiary/aromatic N) is 2. The number of hydrogen-bond acceptors (Lipinski definition) is 4. The Hall–Kier alpha value is -2.11. The summed E-state index contributed by atoms with van der Waals surface area (Å²) in [4.78, 5) is 30.0. The van der Waals surface area contributed by atoms with Crippen LogP contribution in [0.3, 0.4) is 0 Å². The Labute approximate surface area is 148 Å². The fourth-order valence-corrected chi connectivity index (χ4v) is 3.48. The molecule has 1 aromatic rings. The molecule has 1 atom stereocenters. The van der Waals surface area contributed by atoms with Crippen LogP contribution in [0.4, 0.5) is 0 Å². The van der Waals surface area contributed by atoms with Gasteiger partial charge < -0.3 is 15.0 Å². The Morgan fingerprint density at radius 3 is 2.88 bits per heavy atom. The van der Waals surface area contributed by atoms with Gasteiger partial charge in [0.2, 0.25) is 17.7 Å². The average molecular weight is 345 g/mol. The van der Waals surface area contributed by atoms with Gasteiger partial charge in [0.05, 0.1) is 0 Å². The SMILES string of the molecule is CN1CC[C@H](C(=O)NCc2ccnc(OC3CCCCC3)c2)CC1=O. The molecular weight excluding hydrogens is 318 g/mol. The highest BCUT2D eigenvalue weighted by atomic mass is 16.5. The molecule has 136 valence electrons. The van der Waals surface area contributed by atoms with Gasteiger partial charge in [-0.1, -0.05) is 6.42 Å². The van der Waals surface area contributed by atoms with Gasteiger partial charge in [0.1, 0.15) is 6.10 Å². The summed E-state index contributed by atoms with van der Waals surface area (Å²) in [5.74, 6) is 0.406. The van der Waals surface area contributed by atoms with Gasteiger partial charge in [0.15, 0.2) is 0 Å². The number of nitrogens with one attached hydrogen (secondary N) is 1. The lowest BCUT2D eigenvalue weighted by Gasteiger charge is -2.27. The molecule has 0 bridgehead atoms. The van der Waals surface area contributed by atoms with Crippen LogP contribution in [0.5, 0.6) is 5.88 Å². The first-order valence-electron chi connectivity index (χ1n) is 9.25. The predicted octanol–water partition coefficient (Wildman–Crippen LogP) is 2.28. The molecule has 1 aliphatic carbocycles. The number of aromatic nitrogens is 1. The van der Waals surface area contributed by atoms with Gasteiger partial charge in [-0.05, 0) is 43.7 Å². The second-order valence-electron chi connectivity index (χ2n) is 7.10. The molecule has 0 spiro atoms. The lowest BCUT2D eigenvalue weighted by atomic mass is 9.95.